The Morgan fingerprint density at radius 3 is 2.51 bits per heavy atom. The van der Waals surface area contributed by atoms with Gasteiger partial charge < -0.3 is 14.9 Å². The molecule has 2 fully saturated rings. The molecular formula is C44H45N8O4S. The third-order valence-electron chi connectivity index (χ3n) is 12.1. The number of aryl methyl sites for hydroxylation is 4. The maximum Gasteiger partial charge on any atom is 0.281 e. The molecule has 1 radical (unpaired) electrons. The van der Waals surface area contributed by atoms with E-state index in [4.69, 9.17) is 9.97 Å². The smallest absolute Gasteiger partial charge is 0.281 e. The third-order valence-corrected chi connectivity index (χ3v) is 13.3. The zero-order chi connectivity index (χ0) is 39.4. The van der Waals surface area contributed by atoms with Crippen molar-refractivity contribution in [2.45, 2.75) is 64.0 Å². The number of aliphatic hydroxyl groups is 1. The summed E-state index contributed by atoms with van der Waals surface area (Å²) in [4.78, 5) is 60.3. The Balaban J connectivity index is 0.886. The molecule has 2 saturated heterocycles. The van der Waals surface area contributed by atoms with Gasteiger partial charge in [0, 0.05) is 68.1 Å². The molecule has 0 bridgehead atoms. The van der Waals surface area contributed by atoms with Crippen molar-refractivity contribution in [1.82, 2.24) is 39.1 Å². The van der Waals surface area contributed by atoms with E-state index in [1.165, 1.54) is 33.4 Å². The van der Waals surface area contributed by atoms with E-state index >= 15 is 0 Å². The third kappa shape index (κ3) is 6.97. The molecule has 2 aromatic carbocycles. The molecule has 2 aliphatic heterocycles. The van der Waals surface area contributed by atoms with Crippen LogP contribution in [0.3, 0.4) is 0 Å². The number of hydrogen-bond donors (Lipinski definition) is 1. The van der Waals surface area contributed by atoms with Crippen LogP contribution in [0.15, 0.2) is 78.0 Å². The van der Waals surface area contributed by atoms with E-state index in [-0.39, 0.29) is 41.3 Å². The number of aromatic nitrogens is 6. The number of piperidine rings is 2. The average molecular weight is 782 g/mol. The number of carbonyl (C=O) groups is 2. The average Bonchev–Trinajstić information content (AvgIpc) is 3.95. The van der Waals surface area contributed by atoms with Crippen LogP contribution in [0, 0.1) is 26.2 Å². The summed E-state index contributed by atoms with van der Waals surface area (Å²) in [6.45, 7) is 5.45. The number of likely N-dealkylation sites (tertiary alicyclic amines) is 2. The number of rotatable bonds is 7. The SMILES string of the molecule is Cc1ccc(-c2nc(C)c(C(=O)N3CCC(C(=O)N4CCC(O)(Cn5cnc6c(-c7ccc8c(c7)CC[CH]8)n(C)nc6c5=O)CC4)C(c4ccccc4)C3)s2)cn1. The van der Waals surface area contributed by atoms with Gasteiger partial charge in [0.15, 0.2) is 5.52 Å². The number of amides is 2. The summed E-state index contributed by atoms with van der Waals surface area (Å²) in [6, 6.07) is 20.2. The van der Waals surface area contributed by atoms with Crippen molar-refractivity contribution in [2.75, 3.05) is 26.2 Å². The van der Waals surface area contributed by atoms with Crippen molar-refractivity contribution >= 4 is 34.2 Å². The first kappa shape index (κ1) is 37.1. The predicted octanol–water partition coefficient (Wildman–Crippen LogP) is 5.73. The minimum Gasteiger partial charge on any atom is -0.388 e. The maximum absolute atomic E-state index is 14.4. The monoisotopic (exact) mass is 781 g/mol. The van der Waals surface area contributed by atoms with E-state index in [1.807, 2.05) is 73.2 Å². The van der Waals surface area contributed by atoms with Crippen molar-refractivity contribution in [1.29, 1.82) is 0 Å². The molecule has 57 heavy (non-hydrogen) atoms. The van der Waals surface area contributed by atoms with Gasteiger partial charge in [-0.25, -0.2) is 9.97 Å². The highest BCUT2D eigenvalue weighted by atomic mass is 32.1. The first-order chi connectivity index (χ1) is 27.5. The van der Waals surface area contributed by atoms with Crippen molar-refractivity contribution in [3.63, 3.8) is 0 Å². The molecule has 1 aliphatic carbocycles. The zero-order valence-corrected chi connectivity index (χ0v) is 33.2. The Labute approximate surface area is 334 Å². The van der Waals surface area contributed by atoms with Gasteiger partial charge in [-0.1, -0.05) is 42.5 Å². The molecule has 12 nitrogen and oxygen atoms in total. The Bertz CT molecular complexity index is 2550. The molecule has 0 saturated carbocycles. The first-order valence-corrected chi connectivity index (χ1v) is 20.5. The van der Waals surface area contributed by atoms with E-state index in [9.17, 15) is 19.5 Å². The van der Waals surface area contributed by atoms with E-state index in [1.54, 1.807) is 10.9 Å². The summed E-state index contributed by atoms with van der Waals surface area (Å²) >= 11 is 1.38. The summed E-state index contributed by atoms with van der Waals surface area (Å²) in [5.74, 6) is -0.554. The topological polar surface area (TPSA) is 139 Å². The molecule has 2 amide bonds. The number of benzene rings is 2. The fourth-order valence-electron chi connectivity index (χ4n) is 8.86. The lowest BCUT2D eigenvalue weighted by Crippen LogP contribution is -2.53. The van der Waals surface area contributed by atoms with Crippen LogP contribution in [0.5, 0.6) is 0 Å². The fraction of sp³-hybridized carbons (Fsp3) is 0.364. The van der Waals surface area contributed by atoms with Crippen LogP contribution >= 0.6 is 11.3 Å². The highest BCUT2D eigenvalue weighted by Crippen LogP contribution is 2.38. The summed E-state index contributed by atoms with van der Waals surface area (Å²) in [5.41, 5.74) is 7.12. The van der Waals surface area contributed by atoms with Gasteiger partial charge >= 0.3 is 0 Å². The van der Waals surface area contributed by atoms with Gasteiger partial charge in [-0.15, -0.1) is 11.3 Å². The van der Waals surface area contributed by atoms with Gasteiger partial charge in [-0.2, -0.15) is 5.10 Å². The minimum atomic E-state index is -1.20. The molecule has 3 aliphatic rings. The predicted molar refractivity (Wildman–Crippen MR) is 219 cm³/mol. The van der Waals surface area contributed by atoms with E-state index in [0.29, 0.717) is 61.5 Å². The second-order valence-electron chi connectivity index (χ2n) is 15.8. The minimum absolute atomic E-state index is 0.0341. The molecule has 291 valence electrons. The standard InChI is InChI=1S/C44H45N8O4S/c1-27-12-13-33(23-45-27)40-47-28(2)39(57-40)43(55)51-19-16-34(35(24-51)30-8-5-4-6-9-30)41(53)50-20-17-44(56,18-21-50)25-52-26-46-36-37(42(52)54)48-49(3)38(36)32-15-14-29-10-7-11-31(29)22-32/h4-6,8-10,12-15,22-23,26,34-35,56H,7,11,16-21,24-25H2,1-3H3. The number of hydrogen-bond acceptors (Lipinski definition) is 9. The summed E-state index contributed by atoms with van der Waals surface area (Å²) in [5, 5.41) is 17.1. The van der Waals surface area contributed by atoms with Gasteiger partial charge in [0.05, 0.1) is 29.9 Å². The summed E-state index contributed by atoms with van der Waals surface area (Å²) < 4.78 is 3.17. The molecule has 2 atom stereocenters. The van der Waals surface area contributed by atoms with E-state index < -0.39 is 5.60 Å². The van der Waals surface area contributed by atoms with Crippen LogP contribution in [0.2, 0.25) is 0 Å². The van der Waals surface area contributed by atoms with Crippen molar-refractivity contribution < 1.29 is 14.7 Å². The normalized spacial score (nSPS) is 19.2. The van der Waals surface area contributed by atoms with Crippen LogP contribution in [0.25, 0.3) is 32.9 Å². The number of pyridine rings is 1. The summed E-state index contributed by atoms with van der Waals surface area (Å²) in [7, 11) is 1.83. The number of nitrogens with zero attached hydrogens (tertiary/aromatic N) is 8. The lowest BCUT2D eigenvalue weighted by atomic mass is 9.79. The molecule has 4 aromatic heterocycles. The lowest BCUT2D eigenvalue weighted by molar-refractivity contribution is -0.142. The largest absolute Gasteiger partial charge is 0.388 e. The molecule has 9 rings (SSSR count). The lowest BCUT2D eigenvalue weighted by Gasteiger charge is -2.43. The maximum atomic E-state index is 14.4. The molecule has 0 spiro atoms. The van der Waals surface area contributed by atoms with Crippen LogP contribution in [0.4, 0.5) is 0 Å². The Kier molecular flexibility index (Phi) is 9.60. The van der Waals surface area contributed by atoms with Crippen LogP contribution in [-0.4, -0.2) is 87.8 Å². The highest BCUT2D eigenvalue weighted by Gasteiger charge is 2.42. The van der Waals surface area contributed by atoms with Gasteiger partial charge in [-0.05, 0) is 87.3 Å². The quantitative estimate of drug-likeness (QED) is 0.217. The highest BCUT2D eigenvalue weighted by molar-refractivity contribution is 7.17. The number of carbonyl (C=O) groups excluding carboxylic acids is 2. The fourth-order valence-corrected chi connectivity index (χ4v) is 9.89. The van der Waals surface area contributed by atoms with Crippen LogP contribution in [-0.2, 0) is 24.8 Å². The molecule has 6 heterocycles. The van der Waals surface area contributed by atoms with Crippen molar-refractivity contribution in [3.05, 3.63) is 123 Å². The van der Waals surface area contributed by atoms with Crippen LogP contribution in [0.1, 0.15) is 69.4 Å². The number of thiazole rings is 1. The van der Waals surface area contributed by atoms with Crippen LogP contribution < -0.4 is 5.56 Å². The molecule has 13 heteroatoms. The van der Waals surface area contributed by atoms with E-state index in [2.05, 4.69) is 34.7 Å². The first-order valence-electron chi connectivity index (χ1n) is 19.7. The molecule has 2 unspecified atom stereocenters. The van der Waals surface area contributed by atoms with E-state index in [0.717, 1.165) is 45.9 Å². The van der Waals surface area contributed by atoms with Crippen molar-refractivity contribution in [3.8, 4) is 21.8 Å². The summed E-state index contributed by atoms with van der Waals surface area (Å²) in [6.07, 6.45) is 8.73. The van der Waals surface area contributed by atoms with Gasteiger partial charge in [0.1, 0.15) is 15.4 Å². The van der Waals surface area contributed by atoms with Gasteiger partial charge in [0.2, 0.25) is 5.91 Å². The second kappa shape index (κ2) is 14.8. The molecule has 1 N–H and O–H groups in total. The Hall–Kier alpha value is -5.53. The zero-order valence-electron chi connectivity index (χ0n) is 32.4. The second-order valence-corrected chi connectivity index (χ2v) is 16.8. The Morgan fingerprint density at radius 1 is 0.947 bits per heavy atom. The van der Waals surface area contributed by atoms with Gasteiger partial charge in [0.25, 0.3) is 11.5 Å². The van der Waals surface area contributed by atoms with Gasteiger partial charge in [-0.3, -0.25) is 28.6 Å². The number of fused-ring (bicyclic) bond motifs is 2. The molecule has 6 aromatic rings. The molecular weight excluding hydrogens is 737 g/mol. The Morgan fingerprint density at radius 2 is 1.74 bits per heavy atom. The van der Waals surface area contributed by atoms with Crippen molar-refractivity contribution in [2.24, 2.45) is 13.0 Å².